The molecule has 0 aliphatic heterocycles. The highest BCUT2D eigenvalue weighted by atomic mass is 16.3. The lowest BCUT2D eigenvalue weighted by Crippen LogP contribution is -2.36. The maximum Gasteiger partial charge on any atom is 0.223 e. The summed E-state index contributed by atoms with van der Waals surface area (Å²) in [4.78, 5) is 11.9. The smallest absolute Gasteiger partial charge is 0.223 e. The number of nitrogens with one attached hydrogen (secondary N) is 1. The summed E-state index contributed by atoms with van der Waals surface area (Å²) in [5, 5.41) is 12.2. The van der Waals surface area contributed by atoms with Crippen molar-refractivity contribution in [3.63, 3.8) is 0 Å². The van der Waals surface area contributed by atoms with E-state index in [2.05, 4.69) is 5.32 Å². The maximum absolute atomic E-state index is 11.9. The van der Waals surface area contributed by atoms with Gasteiger partial charge in [0.25, 0.3) is 0 Å². The van der Waals surface area contributed by atoms with Crippen molar-refractivity contribution in [1.82, 2.24) is 5.32 Å². The normalized spacial score (nSPS) is 14.4. The molecule has 94 valence electrons. The zero-order valence-electron chi connectivity index (χ0n) is 10.7. The van der Waals surface area contributed by atoms with Crippen LogP contribution in [0.15, 0.2) is 30.3 Å². The van der Waals surface area contributed by atoms with Crippen molar-refractivity contribution in [3.05, 3.63) is 35.9 Å². The van der Waals surface area contributed by atoms with Crippen LogP contribution in [-0.2, 0) is 4.79 Å². The minimum atomic E-state index is -0.315. The topological polar surface area (TPSA) is 49.3 Å². The Morgan fingerprint density at radius 3 is 2.29 bits per heavy atom. The molecular formula is C14H21NO2. The van der Waals surface area contributed by atoms with E-state index in [1.165, 1.54) is 0 Å². The molecular weight excluding hydrogens is 214 g/mol. The first-order valence-corrected chi connectivity index (χ1v) is 6.02. The Morgan fingerprint density at radius 1 is 1.24 bits per heavy atom. The molecule has 0 saturated carbocycles. The molecule has 1 rings (SSSR count). The molecule has 1 aromatic carbocycles. The van der Waals surface area contributed by atoms with Crippen LogP contribution >= 0.6 is 0 Å². The molecule has 2 N–H and O–H groups in total. The van der Waals surface area contributed by atoms with Crippen molar-refractivity contribution in [3.8, 4) is 0 Å². The number of rotatable bonds is 5. The fraction of sp³-hybridized carbons (Fsp3) is 0.500. The van der Waals surface area contributed by atoms with Crippen molar-refractivity contribution < 1.29 is 9.90 Å². The quantitative estimate of drug-likeness (QED) is 0.821. The number of hydrogen-bond acceptors (Lipinski definition) is 2. The number of carbonyl (C=O) groups is 1. The van der Waals surface area contributed by atoms with E-state index in [1.807, 2.05) is 51.1 Å². The van der Waals surface area contributed by atoms with Crippen LogP contribution in [0.25, 0.3) is 0 Å². The highest BCUT2D eigenvalue weighted by Crippen LogP contribution is 2.15. The van der Waals surface area contributed by atoms with Crippen molar-refractivity contribution in [2.24, 2.45) is 11.8 Å². The number of amides is 1. The third-order valence-electron chi connectivity index (χ3n) is 3.11. The van der Waals surface area contributed by atoms with Gasteiger partial charge in [0.05, 0.1) is 12.6 Å². The first-order chi connectivity index (χ1) is 8.06. The Hall–Kier alpha value is -1.35. The highest BCUT2D eigenvalue weighted by Gasteiger charge is 2.20. The van der Waals surface area contributed by atoms with Crippen LogP contribution in [0.3, 0.4) is 0 Å². The van der Waals surface area contributed by atoms with E-state index >= 15 is 0 Å². The van der Waals surface area contributed by atoms with Crippen LogP contribution in [0.1, 0.15) is 32.4 Å². The summed E-state index contributed by atoms with van der Waals surface area (Å²) in [5.74, 6) is 0.237. The van der Waals surface area contributed by atoms with E-state index in [0.29, 0.717) is 5.92 Å². The van der Waals surface area contributed by atoms with Crippen LogP contribution in [0.4, 0.5) is 0 Å². The van der Waals surface area contributed by atoms with E-state index in [9.17, 15) is 9.90 Å². The van der Waals surface area contributed by atoms with E-state index < -0.39 is 0 Å². The van der Waals surface area contributed by atoms with E-state index in [0.717, 1.165) is 5.56 Å². The van der Waals surface area contributed by atoms with Crippen molar-refractivity contribution >= 4 is 5.91 Å². The van der Waals surface area contributed by atoms with Gasteiger partial charge in [0, 0.05) is 5.92 Å². The third-order valence-corrected chi connectivity index (χ3v) is 3.11. The summed E-state index contributed by atoms with van der Waals surface area (Å²) in [5.41, 5.74) is 0.930. The second kappa shape index (κ2) is 6.40. The molecule has 0 fully saturated rings. The van der Waals surface area contributed by atoms with Gasteiger partial charge < -0.3 is 10.4 Å². The average molecular weight is 235 g/mol. The van der Waals surface area contributed by atoms with E-state index in [1.54, 1.807) is 0 Å². The first kappa shape index (κ1) is 13.7. The summed E-state index contributed by atoms with van der Waals surface area (Å²) in [6.07, 6.45) is 0. The van der Waals surface area contributed by atoms with E-state index in [4.69, 9.17) is 0 Å². The lowest BCUT2D eigenvalue weighted by molar-refractivity contribution is -0.126. The Kier molecular flexibility index (Phi) is 5.16. The van der Waals surface area contributed by atoms with Crippen LogP contribution < -0.4 is 5.32 Å². The molecule has 3 heteroatoms. The Balaban J connectivity index is 2.68. The van der Waals surface area contributed by atoms with Crippen LogP contribution in [0, 0.1) is 11.8 Å². The van der Waals surface area contributed by atoms with Gasteiger partial charge >= 0.3 is 0 Å². The molecule has 0 spiro atoms. The summed E-state index contributed by atoms with van der Waals surface area (Å²) in [6.45, 7) is 5.85. The standard InChI is InChI=1S/C14H21NO2/c1-10(2)11(3)14(17)15-13(9-16)12-7-5-4-6-8-12/h4-8,10-11,13,16H,9H2,1-3H3,(H,15,17)/t11?,13-/m0/s1. The monoisotopic (exact) mass is 235 g/mol. The fourth-order valence-corrected chi connectivity index (χ4v) is 1.53. The number of hydrogen-bond donors (Lipinski definition) is 2. The van der Waals surface area contributed by atoms with Crippen molar-refractivity contribution in [2.45, 2.75) is 26.8 Å². The largest absolute Gasteiger partial charge is 0.394 e. The van der Waals surface area contributed by atoms with Gasteiger partial charge in [0.2, 0.25) is 5.91 Å². The van der Waals surface area contributed by atoms with Gasteiger partial charge in [-0.3, -0.25) is 4.79 Å². The summed E-state index contributed by atoms with van der Waals surface area (Å²) in [6, 6.07) is 9.20. The number of aliphatic hydroxyl groups is 1. The van der Waals surface area contributed by atoms with Gasteiger partial charge in [0.1, 0.15) is 0 Å². The molecule has 0 aliphatic carbocycles. The highest BCUT2D eigenvalue weighted by molar-refractivity contribution is 5.79. The molecule has 0 aliphatic rings. The predicted molar refractivity (Wildman–Crippen MR) is 68.4 cm³/mol. The van der Waals surface area contributed by atoms with Gasteiger partial charge in [-0.05, 0) is 11.5 Å². The van der Waals surface area contributed by atoms with Gasteiger partial charge in [-0.15, -0.1) is 0 Å². The zero-order valence-corrected chi connectivity index (χ0v) is 10.7. The average Bonchev–Trinajstić information content (AvgIpc) is 2.35. The molecule has 0 heterocycles. The number of aliphatic hydroxyl groups excluding tert-OH is 1. The van der Waals surface area contributed by atoms with Gasteiger partial charge in [-0.2, -0.15) is 0 Å². The molecule has 1 aromatic rings. The molecule has 0 bridgehead atoms. The lowest BCUT2D eigenvalue weighted by Gasteiger charge is -2.21. The van der Waals surface area contributed by atoms with Crippen LogP contribution in [0.5, 0.6) is 0 Å². The maximum atomic E-state index is 11.9. The molecule has 2 atom stereocenters. The van der Waals surface area contributed by atoms with Gasteiger partial charge in [-0.1, -0.05) is 51.1 Å². The Morgan fingerprint density at radius 2 is 1.82 bits per heavy atom. The predicted octanol–water partition coefficient (Wildman–Crippen LogP) is 2.13. The minimum Gasteiger partial charge on any atom is -0.394 e. The second-order valence-corrected chi connectivity index (χ2v) is 4.69. The molecule has 0 radical (unpaired) electrons. The zero-order chi connectivity index (χ0) is 12.8. The SMILES string of the molecule is CC(C)C(C)C(=O)N[C@@H](CO)c1ccccc1. The molecule has 1 amide bonds. The van der Waals surface area contributed by atoms with Crippen LogP contribution in [-0.4, -0.2) is 17.6 Å². The summed E-state index contributed by atoms with van der Waals surface area (Å²) in [7, 11) is 0. The summed E-state index contributed by atoms with van der Waals surface area (Å²) >= 11 is 0. The Bertz CT molecular complexity index is 348. The molecule has 17 heavy (non-hydrogen) atoms. The molecule has 0 saturated heterocycles. The summed E-state index contributed by atoms with van der Waals surface area (Å²) < 4.78 is 0. The second-order valence-electron chi connectivity index (χ2n) is 4.69. The Labute approximate surface area is 103 Å². The first-order valence-electron chi connectivity index (χ1n) is 6.02. The van der Waals surface area contributed by atoms with Gasteiger partial charge in [-0.25, -0.2) is 0 Å². The van der Waals surface area contributed by atoms with E-state index in [-0.39, 0.29) is 24.5 Å². The van der Waals surface area contributed by atoms with Gasteiger partial charge in [0.15, 0.2) is 0 Å². The van der Waals surface area contributed by atoms with Crippen molar-refractivity contribution in [2.75, 3.05) is 6.61 Å². The number of benzene rings is 1. The third kappa shape index (κ3) is 3.86. The number of carbonyl (C=O) groups excluding carboxylic acids is 1. The van der Waals surface area contributed by atoms with Crippen LogP contribution in [0.2, 0.25) is 0 Å². The molecule has 3 nitrogen and oxygen atoms in total. The molecule has 0 aromatic heterocycles. The fourth-order valence-electron chi connectivity index (χ4n) is 1.53. The minimum absolute atomic E-state index is 0.0112. The van der Waals surface area contributed by atoms with Crippen molar-refractivity contribution in [1.29, 1.82) is 0 Å². The molecule has 1 unspecified atom stereocenters. The lowest BCUT2D eigenvalue weighted by atomic mass is 9.96.